The van der Waals surface area contributed by atoms with Gasteiger partial charge in [0, 0.05) is 31.7 Å². The number of hydrogen-bond acceptors (Lipinski definition) is 4. The Bertz CT molecular complexity index is 632. The summed E-state index contributed by atoms with van der Waals surface area (Å²) < 4.78 is 10.9. The molecule has 0 aromatic heterocycles. The number of nitrogens with one attached hydrogen (secondary N) is 1. The Labute approximate surface area is 169 Å². The minimum absolute atomic E-state index is 0.178. The van der Waals surface area contributed by atoms with Crippen LogP contribution in [0.5, 0.6) is 5.75 Å². The summed E-state index contributed by atoms with van der Waals surface area (Å²) in [5, 5.41) is 3.03. The highest BCUT2D eigenvalue weighted by atomic mass is 16.5. The highest BCUT2D eigenvalue weighted by Gasteiger charge is 2.20. The predicted molar refractivity (Wildman–Crippen MR) is 112 cm³/mol. The highest BCUT2D eigenvalue weighted by molar-refractivity contribution is 5.75. The van der Waals surface area contributed by atoms with Crippen LogP contribution >= 0.6 is 0 Å². The Hall–Kier alpha value is -1.85. The molecule has 0 spiro atoms. The summed E-state index contributed by atoms with van der Waals surface area (Å²) in [7, 11) is 1.71. The summed E-state index contributed by atoms with van der Waals surface area (Å²) in [5.74, 6) is 1.76. The van der Waals surface area contributed by atoms with E-state index in [0.29, 0.717) is 18.9 Å². The fraction of sp³-hybridized carbons (Fsp3) is 0.609. The lowest BCUT2D eigenvalue weighted by atomic mass is 9.92. The molecule has 0 bridgehead atoms. The Morgan fingerprint density at radius 3 is 2.86 bits per heavy atom. The number of methoxy groups -OCH3 is 1. The molecule has 154 valence electrons. The molecular weight excluding hydrogens is 352 g/mol. The molecule has 5 heteroatoms. The number of ether oxygens (including phenoxy) is 2. The second-order valence-electron chi connectivity index (χ2n) is 7.87. The van der Waals surface area contributed by atoms with Gasteiger partial charge in [0.1, 0.15) is 5.75 Å². The molecule has 2 fully saturated rings. The molecule has 3 rings (SSSR count). The van der Waals surface area contributed by atoms with Gasteiger partial charge in [0.05, 0.1) is 13.2 Å². The van der Waals surface area contributed by atoms with E-state index in [1.807, 2.05) is 18.2 Å². The summed E-state index contributed by atoms with van der Waals surface area (Å²) in [6, 6.07) is 8.09. The van der Waals surface area contributed by atoms with Crippen LogP contribution in [0.2, 0.25) is 0 Å². The molecule has 28 heavy (non-hydrogen) atoms. The van der Waals surface area contributed by atoms with Crippen molar-refractivity contribution in [2.75, 3.05) is 39.9 Å². The zero-order chi connectivity index (χ0) is 19.6. The van der Waals surface area contributed by atoms with Gasteiger partial charge < -0.3 is 14.8 Å². The van der Waals surface area contributed by atoms with Crippen molar-refractivity contribution >= 4 is 12.0 Å². The average Bonchev–Trinajstić information content (AvgIpc) is 3.26. The van der Waals surface area contributed by atoms with Crippen molar-refractivity contribution in [3.63, 3.8) is 0 Å². The van der Waals surface area contributed by atoms with Gasteiger partial charge >= 0.3 is 0 Å². The Morgan fingerprint density at radius 2 is 2.11 bits per heavy atom. The van der Waals surface area contributed by atoms with Crippen molar-refractivity contribution in [3.8, 4) is 5.75 Å². The lowest BCUT2D eigenvalue weighted by Gasteiger charge is -2.31. The van der Waals surface area contributed by atoms with Crippen LogP contribution in [-0.2, 0) is 9.53 Å². The van der Waals surface area contributed by atoms with Crippen molar-refractivity contribution in [2.45, 2.75) is 44.6 Å². The van der Waals surface area contributed by atoms with Crippen molar-refractivity contribution in [1.29, 1.82) is 0 Å². The van der Waals surface area contributed by atoms with Crippen molar-refractivity contribution in [3.05, 3.63) is 35.9 Å². The van der Waals surface area contributed by atoms with Gasteiger partial charge in [-0.05, 0) is 57.2 Å². The number of rotatable bonds is 9. The van der Waals surface area contributed by atoms with Crippen LogP contribution in [0, 0.1) is 5.92 Å². The van der Waals surface area contributed by atoms with Gasteiger partial charge in [-0.15, -0.1) is 0 Å². The molecular formula is C23H34N2O3. The molecule has 2 saturated heterocycles. The Morgan fingerprint density at radius 1 is 1.29 bits per heavy atom. The minimum Gasteiger partial charge on any atom is -0.496 e. The minimum atomic E-state index is 0.178. The number of hydrogen-bond donors (Lipinski definition) is 1. The molecule has 1 aromatic carbocycles. The first-order valence-corrected chi connectivity index (χ1v) is 10.6. The van der Waals surface area contributed by atoms with Crippen LogP contribution in [0.1, 0.15) is 44.1 Å². The van der Waals surface area contributed by atoms with E-state index in [9.17, 15) is 4.79 Å². The highest BCUT2D eigenvalue weighted by Crippen LogP contribution is 2.22. The third-order valence-electron chi connectivity index (χ3n) is 5.84. The SMILES string of the molecule is COc1ccccc1/C=C/CN1CCC(CCC(=O)NCC2CCCO2)CC1. The normalized spacial score (nSPS) is 21.2. The lowest BCUT2D eigenvalue weighted by Crippen LogP contribution is -2.35. The van der Waals surface area contributed by atoms with E-state index in [1.54, 1.807) is 7.11 Å². The summed E-state index contributed by atoms with van der Waals surface area (Å²) in [4.78, 5) is 14.5. The number of benzene rings is 1. The van der Waals surface area contributed by atoms with Gasteiger partial charge in [-0.2, -0.15) is 0 Å². The average molecular weight is 387 g/mol. The van der Waals surface area contributed by atoms with Gasteiger partial charge in [0.2, 0.25) is 5.91 Å². The van der Waals surface area contributed by atoms with Gasteiger partial charge in [0.15, 0.2) is 0 Å². The molecule has 5 nitrogen and oxygen atoms in total. The second-order valence-corrected chi connectivity index (χ2v) is 7.87. The fourth-order valence-electron chi connectivity index (χ4n) is 4.05. The second kappa shape index (κ2) is 11.2. The third kappa shape index (κ3) is 6.64. The number of carbonyl (C=O) groups is 1. The van der Waals surface area contributed by atoms with Crippen molar-refractivity contribution in [1.82, 2.24) is 10.2 Å². The quantitative estimate of drug-likeness (QED) is 0.706. The van der Waals surface area contributed by atoms with E-state index >= 15 is 0 Å². The summed E-state index contributed by atoms with van der Waals surface area (Å²) in [6.45, 7) is 4.70. The Balaban J connectivity index is 1.30. The van der Waals surface area contributed by atoms with Crippen LogP contribution in [0.4, 0.5) is 0 Å². The summed E-state index contributed by atoms with van der Waals surface area (Å²) in [6.07, 6.45) is 10.8. The molecule has 2 heterocycles. The van der Waals surface area contributed by atoms with Gasteiger partial charge in [-0.25, -0.2) is 0 Å². The number of nitrogens with zero attached hydrogens (tertiary/aromatic N) is 1. The van der Waals surface area contributed by atoms with Crippen LogP contribution in [0.3, 0.4) is 0 Å². The number of para-hydroxylation sites is 1. The van der Waals surface area contributed by atoms with Crippen LogP contribution in [0.15, 0.2) is 30.3 Å². The van der Waals surface area contributed by atoms with E-state index in [4.69, 9.17) is 9.47 Å². The van der Waals surface area contributed by atoms with E-state index in [1.165, 1.54) is 12.8 Å². The largest absolute Gasteiger partial charge is 0.496 e. The molecule has 0 radical (unpaired) electrons. The standard InChI is InChI=1S/C23H34N2O3/c1-27-22-9-3-2-6-20(22)7-4-14-25-15-12-19(13-16-25)10-11-23(26)24-18-21-8-5-17-28-21/h2-4,6-7,9,19,21H,5,8,10-18H2,1H3,(H,24,26)/b7-4+. The molecule has 0 saturated carbocycles. The molecule has 0 aliphatic carbocycles. The molecule has 1 amide bonds. The predicted octanol–water partition coefficient (Wildman–Crippen LogP) is 3.50. The van der Waals surface area contributed by atoms with E-state index < -0.39 is 0 Å². The zero-order valence-electron chi connectivity index (χ0n) is 17.1. The van der Waals surface area contributed by atoms with E-state index in [0.717, 1.165) is 56.8 Å². The molecule has 2 aliphatic rings. The molecule has 1 unspecified atom stereocenters. The van der Waals surface area contributed by atoms with Crippen LogP contribution in [-0.4, -0.2) is 56.8 Å². The van der Waals surface area contributed by atoms with Gasteiger partial charge in [-0.3, -0.25) is 9.69 Å². The first-order chi connectivity index (χ1) is 13.7. The van der Waals surface area contributed by atoms with E-state index in [-0.39, 0.29) is 12.0 Å². The topological polar surface area (TPSA) is 50.8 Å². The third-order valence-corrected chi connectivity index (χ3v) is 5.84. The molecule has 1 N–H and O–H groups in total. The van der Waals surface area contributed by atoms with Crippen LogP contribution in [0.25, 0.3) is 6.08 Å². The van der Waals surface area contributed by atoms with Crippen molar-refractivity contribution in [2.24, 2.45) is 5.92 Å². The smallest absolute Gasteiger partial charge is 0.220 e. The van der Waals surface area contributed by atoms with Crippen molar-refractivity contribution < 1.29 is 14.3 Å². The fourth-order valence-corrected chi connectivity index (χ4v) is 4.05. The maximum Gasteiger partial charge on any atom is 0.220 e. The molecule has 2 aliphatic heterocycles. The van der Waals surface area contributed by atoms with E-state index in [2.05, 4.69) is 28.4 Å². The maximum atomic E-state index is 12.0. The zero-order valence-corrected chi connectivity index (χ0v) is 17.1. The summed E-state index contributed by atoms with van der Waals surface area (Å²) in [5.41, 5.74) is 1.12. The number of amides is 1. The van der Waals surface area contributed by atoms with Gasteiger partial charge in [0.25, 0.3) is 0 Å². The molecule has 1 atom stereocenters. The number of carbonyl (C=O) groups excluding carboxylic acids is 1. The number of piperidine rings is 1. The maximum absolute atomic E-state index is 12.0. The van der Waals surface area contributed by atoms with Crippen LogP contribution < -0.4 is 10.1 Å². The first kappa shape index (κ1) is 20.9. The molecule has 1 aromatic rings. The summed E-state index contributed by atoms with van der Waals surface area (Å²) >= 11 is 0. The Kier molecular flexibility index (Phi) is 8.37. The lowest BCUT2D eigenvalue weighted by molar-refractivity contribution is -0.122. The van der Waals surface area contributed by atoms with Gasteiger partial charge in [-0.1, -0.05) is 30.4 Å². The first-order valence-electron chi connectivity index (χ1n) is 10.6. The monoisotopic (exact) mass is 386 g/mol. The number of likely N-dealkylation sites (tertiary alicyclic amines) is 1.